The molecule has 2 heterocycles. The van der Waals surface area contributed by atoms with E-state index in [2.05, 4.69) is 26.1 Å². The van der Waals surface area contributed by atoms with Crippen LogP contribution in [0, 0.1) is 0 Å². The summed E-state index contributed by atoms with van der Waals surface area (Å²) >= 11 is 4.92. The average molecular weight is 392 g/mol. The van der Waals surface area contributed by atoms with Crippen molar-refractivity contribution >= 4 is 33.2 Å². The number of halogens is 1. The summed E-state index contributed by atoms with van der Waals surface area (Å²) in [6.07, 6.45) is 0. The van der Waals surface area contributed by atoms with Crippen LogP contribution >= 0.6 is 27.3 Å². The van der Waals surface area contributed by atoms with E-state index in [0.29, 0.717) is 30.4 Å². The highest BCUT2D eigenvalue weighted by molar-refractivity contribution is 9.10. The van der Waals surface area contributed by atoms with Crippen LogP contribution in [0.2, 0.25) is 0 Å². The van der Waals surface area contributed by atoms with E-state index >= 15 is 0 Å². The highest BCUT2D eigenvalue weighted by Crippen LogP contribution is 2.22. The van der Waals surface area contributed by atoms with Gasteiger partial charge >= 0.3 is 0 Å². The molecule has 0 N–H and O–H groups in total. The van der Waals surface area contributed by atoms with Gasteiger partial charge < -0.3 is 9.42 Å². The van der Waals surface area contributed by atoms with Crippen molar-refractivity contribution in [3.63, 3.8) is 0 Å². The molecule has 7 heteroatoms. The summed E-state index contributed by atoms with van der Waals surface area (Å²) in [6, 6.07) is 11.2. The molecule has 0 saturated carbocycles. The average Bonchev–Trinajstić information content (AvgIpc) is 3.24. The van der Waals surface area contributed by atoms with Gasteiger partial charge in [-0.25, -0.2) is 0 Å². The van der Waals surface area contributed by atoms with Crippen LogP contribution in [0.25, 0.3) is 10.7 Å². The van der Waals surface area contributed by atoms with Gasteiger partial charge in [-0.15, -0.1) is 11.3 Å². The van der Waals surface area contributed by atoms with Gasteiger partial charge in [0.2, 0.25) is 11.7 Å². The van der Waals surface area contributed by atoms with E-state index in [1.807, 2.05) is 36.6 Å². The fourth-order valence-corrected chi connectivity index (χ4v) is 3.00. The van der Waals surface area contributed by atoms with Crippen molar-refractivity contribution in [2.75, 3.05) is 6.54 Å². The van der Waals surface area contributed by atoms with Gasteiger partial charge in [-0.2, -0.15) is 4.98 Å². The Morgan fingerprint density at radius 2 is 2.09 bits per heavy atom. The first-order valence-electron chi connectivity index (χ1n) is 7.08. The van der Waals surface area contributed by atoms with Crippen molar-refractivity contribution in [1.82, 2.24) is 15.0 Å². The van der Waals surface area contributed by atoms with Crippen molar-refractivity contribution in [3.8, 4) is 10.7 Å². The van der Waals surface area contributed by atoms with E-state index in [-0.39, 0.29) is 5.91 Å². The Hall–Kier alpha value is -1.99. The Morgan fingerprint density at radius 3 is 2.74 bits per heavy atom. The van der Waals surface area contributed by atoms with Gasteiger partial charge in [-0.1, -0.05) is 27.2 Å². The lowest BCUT2D eigenvalue weighted by molar-refractivity contribution is 0.0734. The van der Waals surface area contributed by atoms with Gasteiger partial charge in [-0.3, -0.25) is 4.79 Å². The number of carbonyl (C=O) groups is 1. The minimum atomic E-state index is -0.0594. The highest BCUT2D eigenvalue weighted by atomic mass is 79.9. The molecular weight excluding hydrogens is 378 g/mol. The molecule has 0 aliphatic carbocycles. The summed E-state index contributed by atoms with van der Waals surface area (Å²) in [6.45, 7) is 2.78. The first-order chi connectivity index (χ1) is 11.2. The molecule has 5 nitrogen and oxygen atoms in total. The lowest BCUT2D eigenvalue weighted by Gasteiger charge is -2.18. The first kappa shape index (κ1) is 15.9. The summed E-state index contributed by atoms with van der Waals surface area (Å²) in [5.74, 6) is 0.929. The van der Waals surface area contributed by atoms with Gasteiger partial charge in [0.25, 0.3) is 5.91 Å². The van der Waals surface area contributed by atoms with Gasteiger partial charge in [-0.05, 0) is 42.6 Å². The first-order valence-corrected chi connectivity index (χ1v) is 8.76. The molecule has 1 aromatic carbocycles. The third kappa shape index (κ3) is 3.68. The maximum Gasteiger partial charge on any atom is 0.254 e. The molecule has 1 amide bonds. The maximum absolute atomic E-state index is 12.5. The molecular formula is C16H14BrN3O2S. The summed E-state index contributed by atoms with van der Waals surface area (Å²) in [4.78, 5) is 19.5. The summed E-state index contributed by atoms with van der Waals surface area (Å²) in [5, 5.41) is 5.93. The van der Waals surface area contributed by atoms with Crippen molar-refractivity contribution < 1.29 is 9.32 Å². The number of hydrogen-bond donors (Lipinski definition) is 0. The molecule has 3 aromatic rings. The van der Waals surface area contributed by atoms with E-state index < -0.39 is 0 Å². The topological polar surface area (TPSA) is 59.2 Å². The zero-order valence-electron chi connectivity index (χ0n) is 12.4. The van der Waals surface area contributed by atoms with E-state index in [1.54, 1.807) is 28.4 Å². The van der Waals surface area contributed by atoms with Crippen LogP contribution in [0.3, 0.4) is 0 Å². The zero-order chi connectivity index (χ0) is 16.2. The molecule has 0 spiro atoms. The molecule has 0 radical (unpaired) electrons. The fourth-order valence-electron chi connectivity index (χ4n) is 2.09. The molecule has 0 unspecified atom stereocenters. The van der Waals surface area contributed by atoms with Crippen LogP contribution in [-0.4, -0.2) is 27.5 Å². The van der Waals surface area contributed by atoms with Crippen LogP contribution in [0.1, 0.15) is 23.2 Å². The van der Waals surface area contributed by atoms with Gasteiger partial charge in [0.1, 0.15) is 6.54 Å². The largest absolute Gasteiger partial charge is 0.337 e. The second-order valence-corrected chi connectivity index (χ2v) is 6.68. The van der Waals surface area contributed by atoms with Gasteiger partial charge in [0.15, 0.2) is 0 Å². The van der Waals surface area contributed by atoms with Crippen LogP contribution in [0.15, 0.2) is 50.8 Å². The number of rotatable bonds is 5. The highest BCUT2D eigenvalue weighted by Gasteiger charge is 2.18. The number of aromatic nitrogens is 2. The lowest BCUT2D eigenvalue weighted by atomic mass is 10.2. The number of amides is 1. The van der Waals surface area contributed by atoms with E-state index in [4.69, 9.17) is 4.52 Å². The number of nitrogens with zero attached hydrogens (tertiary/aromatic N) is 3. The monoisotopic (exact) mass is 391 g/mol. The summed E-state index contributed by atoms with van der Waals surface area (Å²) in [7, 11) is 0. The minimum Gasteiger partial charge on any atom is -0.337 e. The second-order valence-electron chi connectivity index (χ2n) is 4.82. The Balaban J connectivity index is 1.74. The Labute approximate surface area is 146 Å². The number of hydrogen-bond acceptors (Lipinski definition) is 5. The Kier molecular flexibility index (Phi) is 4.88. The fraction of sp³-hybridized carbons (Fsp3) is 0.188. The quantitative estimate of drug-likeness (QED) is 0.652. The molecule has 0 saturated heterocycles. The van der Waals surface area contributed by atoms with Crippen LogP contribution < -0.4 is 0 Å². The molecule has 0 aliphatic rings. The minimum absolute atomic E-state index is 0.0594. The molecule has 0 atom stereocenters. The third-order valence-electron chi connectivity index (χ3n) is 3.30. The molecule has 2 aromatic heterocycles. The van der Waals surface area contributed by atoms with E-state index in [1.165, 1.54) is 0 Å². The van der Waals surface area contributed by atoms with Crippen LogP contribution in [-0.2, 0) is 6.54 Å². The molecule has 0 bridgehead atoms. The standard InChI is InChI=1S/C16H14BrN3O2S/c1-2-20(16(21)11-5-7-12(17)8-6-11)10-14-18-15(19-22-14)13-4-3-9-23-13/h3-9H,2,10H2,1H3. The van der Waals surface area contributed by atoms with Crippen molar-refractivity contribution in [3.05, 3.63) is 57.7 Å². The SMILES string of the molecule is CCN(Cc1nc(-c2cccs2)no1)C(=O)c1ccc(Br)cc1. The Bertz CT molecular complexity index is 784. The molecule has 0 fully saturated rings. The van der Waals surface area contributed by atoms with Crippen molar-refractivity contribution in [2.45, 2.75) is 13.5 Å². The zero-order valence-corrected chi connectivity index (χ0v) is 14.8. The summed E-state index contributed by atoms with van der Waals surface area (Å²) < 4.78 is 6.21. The predicted molar refractivity (Wildman–Crippen MR) is 92.2 cm³/mol. The molecule has 0 aliphatic heterocycles. The van der Waals surface area contributed by atoms with Crippen LogP contribution in [0.5, 0.6) is 0 Å². The predicted octanol–water partition coefficient (Wildman–Crippen LogP) is 4.22. The molecule has 118 valence electrons. The second kappa shape index (κ2) is 7.06. The number of thiophene rings is 1. The van der Waals surface area contributed by atoms with Crippen LogP contribution in [0.4, 0.5) is 0 Å². The van der Waals surface area contributed by atoms with Crippen molar-refractivity contribution in [2.24, 2.45) is 0 Å². The third-order valence-corrected chi connectivity index (χ3v) is 4.69. The van der Waals surface area contributed by atoms with E-state index in [9.17, 15) is 4.79 Å². The molecule has 23 heavy (non-hydrogen) atoms. The normalized spacial score (nSPS) is 10.7. The smallest absolute Gasteiger partial charge is 0.254 e. The molecule has 3 rings (SSSR count). The number of benzene rings is 1. The Morgan fingerprint density at radius 1 is 1.30 bits per heavy atom. The van der Waals surface area contributed by atoms with Crippen molar-refractivity contribution in [1.29, 1.82) is 0 Å². The van der Waals surface area contributed by atoms with Gasteiger partial charge in [0.05, 0.1) is 4.88 Å². The van der Waals surface area contributed by atoms with Gasteiger partial charge in [0, 0.05) is 16.6 Å². The number of carbonyl (C=O) groups excluding carboxylic acids is 1. The summed E-state index contributed by atoms with van der Waals surface area (Å²) in [5.41, 5.74) is 0.632. The lowest BCUT2D eigenvalue weighted by Crippen LogP contribution is -2.30. The van der Waals surface area contributed by atoms with E-state index in [0.717, 1.165) is 9.35 Å². The maximum atomic E-state index is 12.5.